The summed E-state index contributed by atoms with van der Waals surface area (Å²) in [6, 6.07) is 5.73. The molecule has 1 heterocycles. The molecule has 2 aromatic rings. The highest BCUT2D eigenvalue weighted by atomic mass is 79.9. The lowest BCUT2D eigenvalue weighted by Gasteiger charge is -2.07. The van der Waals surface area contributed by atoms with E-state index in [-0.39, 0.29) is 16.7 Å². The zero-order valence-corrected chi connectivity index (χ0v) is 10.8. The van der Waals surface area contributed by atoms with Gasteiger partial charge in [-0.3, -0.25) is 0 Å². The van der Waals surface area contributed by atoms with Gasteiger partial charge in [0.15, 0.2) is 11.6 Å². The van der Waals surface area contributed by atoms with Crippen LogP contribution in [0, 0.1) is 5.82 Å². The van der Waals surface area contributed by atoms with Crippen LogP contribution in [0.1, 0.15) is 0 Å². The highest BCUT2D eigenvalue weighted by molar-refractivity contribution is 9.10. The van der Waals surface area contributed by atoms with Gasteiger partial charge in [-0.25, -0.2) is 9.37 Å². The van der Waals surface area contributed by atoms with E-state index < -0.39 is 5.82 Å². The lowest BCUT2D eigenvalue weighted by molar-refractivity contribution is 0.428. The Hall–Kier alpha value is -1.33. The van der Waals surface area contributed by atoms with Gasteiger partial charge in [-0.2, -0.15) is 0 Å². The number of nitrogen functional groups attached to an aromatic ring is 1. The molecule has 0 aliphatic heterocycles. The topological polar surface area (TPSA) is 48.1 Å². The van der Waals surface area contributed by atoms with Crippen LogP contribution in [-0.2, 0) is 0 Å². The smallest absolute Gasteiger partial charge is 0.238 e. The van der Waals surface area contributed by atoms with Crippen molar-refractivity contribution in [1.82, 2.24) is 4.98 Å². The van der Waals surface area contributed by atoms with Crippen LogP contribution in [0.5, 0.6) is 11.6 Å². The minimum Gasteiger partial charge on any atom is -0.434 e. The van der Waals surface area contributed by atoms with E-state index in [2.05, 4.69) is 20.9 Å². The molecule has 0 radical (unpaired) electrons. The van der Waals surface area contributed by atoms with E-state index in [1.165, 1.54) is 24.4 Å². The number of anilines is 1. The summed E-state index contributed by atoms with van der Waals surface area (Å²) >= 11 is 9.11. The molecule has 0 fully saturated rings. The van der Waals surface area contributed by atoms with Gasteiger partial charge in [0.05, 0.1) is 0 Å². The Morgan fingerprint density at radius 1 is 1.35 bits per heavy atom. The van der Waals surface area contributed by atoms with Crippen molar-refractivity contribution in [2.45, 2.75) is 0 Å². The van der Waals surface area contributed by atoms with Crippen LogP contribution in [0.15, 0.2) is 34.9 Å². The van der Waals surface area contributed by atoms with Crippen LogP contribution in [0.25, 0.3) is 0 Å². The van der Waals surface area contributed by atoms with Crippen LogP contribution < -0.4 is 10.5 Å². The molecule has 2 N–H and O–H groups in total. The molecule has 2 rings (SSSR count). The van der Waals surface area contributed by atoms with Gasteiger partial charge in [0.1, 0.15) is 5.02 Å². The molecular weight excluding hydrogens is 310 g/mol. The zero-order valence-electron chi connectivity index (χ0n) is 8.45. The Morgan fingerprint density at radius 3 is 2.76 bits per heavy atom. The molecule has 0 spiro atoms. The van der Waals surface area contributed by atoms with Crippen LogP contribution in [-0.4, -0.2) is 4.98 Å². The summed E-state index contributed by atoms with van der Waals surface area (Å²) in [6.45, 7) is 0. The van der Waals surface area contributed by atoms with E-state index in [1.54, 1.807) is 6.07 Å². The first kappa shape index (κ1) is 12.1. The number of pyridine rings is 1. The molecule has 0 aliphatic carbocycles. The Kier molecular flexibility index (Phi) is 3.49. The first-order chi connectivity index (χ1) is 8.06. The molecule has 0 atom stereocenters. The number of halogens is 3. The van der Waals surface area contributed by atoms with E-state index in [1.807, 2.05) is 0 Å². The summed E-state index contributed by atoms with van der Waals surface area (Å²) in [6.07, 6.45) is 1.51. The number of nitrogens with zero attached hydrogens (tertiary/aromatic N) is 1. The summed E-state index contributed by atoms with van der Waals surface area (Å²) in [4.78, 5) is 3.94. The minimum atomic E-state index is -0.564. The molecule has 0 unspecified atom stereocenters. The standard InChI is InChI=1S/C11H7BrClFN2O/c12-6-3-8(13)11(16-5-6)17-10-2-1-7(15)4-9(10)14/h1-5H,15H2. The molecule has 88 valence electrons. The van der Waals surface area contributed by atoms with Crippen molar-refractivity contribution >= 4 is 33.2 Å². The molecule has 0 saturated heterocycles. The van der Waals surface area contributed by atoms with Gasteiger partial charge in [-0.1, -0.05) is 11.6 Å². The normalized spacial score (nSPS) is 10.3. The fraction of sp³-hybridized carbons (Fsp3) is 0. The predicted molar refractivity (Wildman–Crippen MR) is 67.8 cm³/mol. The van der Waals surface area contributed by atoms with Crippen LogP contribution in [0.3, 0.4) is 0 Å². The summed E-state index contributed by atoms with van der Waals surface area (Å²) < 4.78 is 19.4. The zero-order chi connectivity index (χ0) is 12.4. The van der Waals surface area contributed by atoms with E-state index in [9.17, 15) is 4.39 Å². The highest BCUT2D eigenvalue weighted by Gasteiger charge is 2.09. The van der Waals surface area contributed by atoms with Gasteiger partial charge in [0.25, 0.3) is 0 Å². The average Bonchev–Trinajstić information content (AvgIpc) is 2.25. The number of ether oxygens (including phenoxy) is 1. The van der Waals surface area contributed by atoms with Gasteiger partial charge in [0, 0.05) is 22.4 Å². The number of aromatic nitrogens is 1. The van der Waals surface area contributed by atoms with Crippen molar-refractivity contribution in [3.8, 4) is 11.6 Å². The first-order valence-electron chi connectivity index (χ1n) is 4.60. The molecule has 1 aromatic heterocycles. The molecule has 17 heavy (non-hydrogen) atoms. The maximum Gasteiger partial charge on any atom is 0.238 e. The Morgan fingerprint density at radius 2 is 2.12 bits per heavy atom. The van der Waals surface area contributed by atoms with E-state index in [0.717, 1.165) is 0 Å². The van der Waals surface area contributed by atoms with Gasteiger partial charge in [0.2, 0.25) is 5.88 Å². The van der Waals surface area contributed by atoms with Crippen molar-refractivity contribution in [2.75, 3.05) is 5.73 Å². The van der Waals surface area contributed by atoms with Crippen molar-refractivity contribution in [1.29, 1.82) is 0 Å². The number of hydrogen-bond acceptors (Lipinski definition) is 3. The largest absolute Gasteiger partial charge is 0.434 e. The van der Waals surface area contributed by atoms with Crippen molar-refractivity contribution in [3.05, 3.63) is 45.8 Å². The van der Waals surface area contributed by atoms with Gasteiger partial charge in [-0.15, -0.1) is 0 Å². The van der Waals surface area contributed by atoms with Crippen LogP contribution >= 0.6 is 27.5 Å². The second-order valence-corrected chi connectivity index (χ2v) is 4.56. The summed E-state index contributed by atoms with van der Waals surface area (Å²) in [5.41, 5.74) is 5.75. The monoisotopic (exact) mass is 316 g/mol. The lowest BCUT2D eigenvalue weighted by atomic mass is 10.3. The summed E-state index contributed by atoms with van der Waals surface area (Å²) in [5, 5.41) is 0.288. The van der Waals surface area contributed by atoms with E-state index in [4.69, 9.17) is 22.1 Å². The first-order valence-corrected chi connectivity index (χ1v) is 5.77. The Balaban J connectivity index is 2.31. The van der Waals surface area contributed by atoms with Gasteiger partial charge < -0.3 is 10.5 Å². The number of rotatable bonds is 2. The predicted octanol–water partition coefficient (Wildman–Crippen LogP) is 4.01. The number of nitrogens with two attached hydrogens (primary N) is 1. The number of hydrogen-bond donors (Lipinski definition) is 1. The summed E-state index contributed by atoms with van der Waals surface area (Å²) in [5.74, 6) is -0.403. The molecular formula is C11H7BrClFN2O. The lowest BCUT2D eigenvalue weighted by Crippen LogP contribution is -1.93. The van der Waals surface area contributed by atoms with Gasteiger partial charge >= 0.3 is 0 Å². The fourth-order valence-electron chi connectivity index (χ4n) is 1.18. The Bertz CT molecular complexity index is 516. The highest BCUT2D eigenvalue weighted by Crippen LogP contribution is 2.30. The molecule has 0 bridgehead atoms. The molecule has 6 heteroatoms. The van der Waals surface area contributed by atoms with Crippen LogP contribution in [0.2, 0.25) is 5.02 Å². The quantitative estimate of drug-likeness (QED) is 0.851. The summed E-state index contributed by atoms with van der Waals surface area (Å²) in [7, 11) is 0. The third kappa shape index (κ3) is 2.87. The van der Waals surface area contributed by atoms with Crippen molar-refractivity contribution < 1.29 is 9.13 Å². The number of benzene rings is 1. The fourth-order valence-corrected chi connectivity index (χ4v) is 1.85. The van der Waals surface area contributed by atoms with E-state index in [0.29, 0.717) is 10.2 Å². The third-order valence-corrected chi connectivity index (χ3v) is 2.64. The molecule has 0 saturated carbocycles. The maximum atomic E-state index is 13.5. The SMILES string of the molecule is Nc1ccc(Oc2ncc(Br)cc2Cl)c(F)c1. The third-order valence-electron chi connectivity index (χ3n) is 1.94. The van der Waals surface area contributed by atoms with Gasteiger partial charge in [-0.05, 0) is 34.1 Å². The molecule has 1 aromatic carbocycles. The van der Waals surface area contributed by atoms with Crippen LogP contribution in [0.4, 0.5) is 10.1 Å². The molecule has 0 aliphatic rings. The maximum absolute atomic E-state index is 13.5. The molecule has 3 nitrogen and oxygen atoms in total. The minimum absolute atomic E-state index is 0.0240. The second kappa shape index (κ2) is 4.89. The second-order valence-electron chi connectivity index (χ2n) is 3.23. The van der Waals surface area contributed by atoms with Crippen molar-refractivity contribution in [2.24, 2.45) is 0 Å². The average molecular weight is 318 g/mol. The van der Waals surface area contributed by atoms with Crippen molar-refractivity contribution in [3.63, 3.8) is 0 Å². The molecule has 0 amide bonds. The van der Waals surface area contributed by atoms with E-state index >= 15 is 0 Å². The Labute approximate surface area is 110 Å².